The number of rotatable bonds is 10. The monoisotopic (exact) mass is 433 g/mol. The molecule has 0 N–H and O–H groups in total. The molecule has 0 fully saturated rings. The molecule has 1 aliphatic rings. The predicted molar refractivity (Wildman–Crippen MR) is 120 cm³/mol. The molecule has 7 heteroatoms. The van der Waals surface area contributed by atoms with Crippen LogP contribution in [0.2, 0.25) is 4.34 Å². The first-order chi connectivity index (χ1) is 14.1. The van der Waals surface area contributed by atoms with Gasteiger partial charge in [-0.05, 0) is 49.3 Å². The van der Waals surface area contributed by atoms with Crippen LogP contribution in [0.3, 0.4) is 0 Å². The number of amides is 1. The van der Waals surface area contributed by atoms with E-state index < -0.39 is 0 Å². The Kier molecular flexibility index (Phi) is 8.09. The van der Waals surface area contributed by atoms with E-state index in [1.54, 1.807) is 5.01 Å². The van der Waals surface area contributed by atoms with Gasteiger partial charge in [0.25, 0.3) is 0 Å². The smallest absolute Gasteiger partial charge is 0.247 e. The highest BCUT2D eigenvalue weighted by molar-refractivity contribution is 7.18. The Labute approximate surface area is 181 Å². The van der Waals surface area contributed by atoms with Gasteiger partial charge in [-0.15, -0.1) is 11.3 Å². The molecule has 0 saturated heterocycles. The van der Waals surface area contributed by atoms with Crippen LogP contribution in [0, 0.1) is 0 Å². The zero-order valence-corrected chi connectivity index (χ0v) is 18.6. The molecular formula is C22H28ClN3O2S. The number of benzene rings is 1. The van der Waals surface area contributed by atoms with E-state index in [9.17, 15) is 4.79 Å². The average molecular weight is 434 g/mol. The lowest BCUT2D eigenvalue weighted by Gasteiger charge is -2.17. The van der Waals surface area contributed by atoms with Gasteiger partial charge >= 0.3 is 0 Å². The van der Waals surface area contributed by atoms with Crippen LogP contribution in [-0.2, 0) is 11.2 Å². The highest BCUT2D eigenvalue weighted by atomic mass is 35.5. The van der Waals surface area contributed by atoms with E-state index in [0.717, 1.165) is 58.7 Å². The van der Waals surface area contributed by atoms with Crippen molar-refractivity contribution in [2.24, 2.45) is 5.10 Å². The van der Waals surface area contributed by atoms with Crippen LogP contribution in [0.4, 0.5) is 0 Å². The molecule has 1 amide bonds. The number of thiophene rings is 1. The molecular weight excluding hydrogens is 406 g/mol. The Morgan fingerprint density at radius 1 is 1.21 bits per heavy atom. The zero-order chi connectivity index (χ0) is 20.6. The van der Waals surface area contributed by atoms with Crippen LogP contribution in [0.5, 0.6) is 5.75 Å². The van der Waals surface area contributed by atoms with Crippen molar-refractivity contribution >= 4 is 34.6 Å². The van der Waals surface area contributed by atoms with E-state index in [2.05, 4.69) is 23.8 Å². The van der Waals surface area contributed by atoms with Crippen LogP contribution in [0.1, 0.15) is 37.1 Å². The highest BCUT2D eigenvalue weighted by Gasteiger charge is 2.22. The van der Waals surface area contributed by atoms with Gasteiger partial charge in [0.2, 0.25) is 5.91 Å². The van der Waals surface area contributed by atoms with E-state index in [1.165, 1.54) is 11.3 Å². The third-order valence-electron chi connectivity index (χ3n) is 5.01. The fraction of sp³-hybridized carbons (Fsp3) is 0.455. The summed E-state index contributed by atoms with van der Waals surface area (Å²) in [5.41, 5.74) is 1.90. The van der Waals surface area contributed by atoms with E-state index in [-0.39, 0.29) is 5.91 Å². The molecule has 0 radical (unpaired) electrons. The zero-order valence-electron chi connectivity index (χ0n) is 17.1. The number of halogens is 1. The van der Waals surface area contributed by atoms with Gasteiger partial charge in [-0.1, -0.05) is 37.6 Å². The summed E-state index contributed by atoms with van der Waals surface area (Å²) in [6.45, 7) is 8.87. The number of carbonyl (C=O) groups is 1. The van der Waals surface area contributed by atoms with E-state index in [1.807, 2.05) is 36.4 Å². The Morgan fingerprint density at radius 2 is 1.97 bits per heavy atom. The molecule has 1 aromatic heterocycles. The first-order valence-electron chi connectivity index (χ1n) is 10.2. The minimum absolute atomic E-state index is 0.00976. The average Bonchev–Trinajstić information content (AvgIpc) is 3.38. The van der Waals surface area contributed by atoms with Gasteiger partial charge in [0.05, 0.1) is 34.5 Å². The van der Waals surface area contributed by atoms with Crippen LogP contribution in [0.15, 0.2) is 41.5 Å². The van der Waals surface area contributed by atoms with Crippen molar-refractivity contribution in [2.45, 2.75) is 33.1 Å². The number of hydrogen-bond donors (Lipinski definition) is 0. The second-order valence-electron chi connectivity index (χ2n) is 6.97. The summed E-state index contributed by atoms with van der Waals surface area (Å²) in [7, 11) is 0. The van der Waals surface area contributed by atoms with Gasteiger partial charge in [0.15, 0.2) is 0 Å². The maximum absolute atomic E-state index is 12.6. The van der Waals surface area contributed by atoms with Crippen molar-refractivity contribution in [3.8, 4) is 5.75 Å². The molecule has 1 aromatic carbocycles. The maximum Gasteiger partial charge on any atom is 0.247 e. The molecule has 1 aliphatic heterocycles. The normalized spacial score (nSPS) is 13.8. The van der Waals surface area contributed by atoms with Gasteiger partial charge < -0.3 is 9.64 Å². The van der Waals surface area contributed by atoms with Crippen molar-refractivity contribution in [3.63, 3.8) is 0 Å². The molecule has 0 unspecified atom stereocenters. The molecule has 2 heterocycles. The summed E-state index contributed by atoms with van der Waals surface area (Å²) >= 11 is 7.49. The van der Waals surface area contributed by atoms with Crippen molar-refractivity contribution in [1.82, 2.24) is 9.91 Å². The van der Waals surface area contributed by atoms with Gasteiger partial charge in [0.1, 0.15) is 5.75 Å². The molecule has 0 atom stereocenters. The Balaban J connectivity index is 1.46. The summed E-state index contributed by atoms with van der Waals surface area (Å²) in [5, 5.41) is 6.06. The van der Waals surface area contributed by atoms with Crippen molar-refractivity contribution in [3.05, 3.63) is 51.2 Å². The molecule has 2 aromatic rings. The number of carbonyl (C=O) groups excluding carboxylic acids is 1. The topological polar surface area (TPSA) is 45.1 Å². The number of ether oxygens (including phenoxy) is 1. The summed E-state index contributed by atoms with van der Waals surface area (Å²) in [6.07, 6.45) is 2.11. The molecule has 29 heavy (non-hydrogen) atoms. The van der Waals surface area contributed by atoms with E-state index in [0.29, 0.717) is 19.6 Å². The Morgan fingerprint density at radius 3 is 2.62 bits per heavy atom. The molecule has 0 aliphatic carbocycles. The lowest BCUT2D eigenvalue weighted by atomic mass is 10.1. The lowest BCUT2D eigenvalue weighted by molar-refractivity contribution is -0.130. The van der Waals surface area contributed by atoms with E-state index in [4.69, 9.17) is 16.3 Å². The lowest BCUT2D eigenvalue weighted by Crippen LogP contribution is -2.25. The first-order valence-corrected chi connectivity index (χ1v) is 11.4. The van der Waals surface area contributed by atoms with Gasteiger partial charge in [-0.3, -0.25) is 4.79 Å². The van der Waals surface area contributed by atoms with Crippen LogP contribution in [0.25, 0.3) is 0 Å². The van der Waals surface area contributed by atoms with Crippen LogP contribution >= 0.6 is 22.9 Å². The molecule has 0 bridgehead atoms. The van der Waals surface area contributed by atoms with Gasteiger partial charge in [0, 0.05) is 13.0 Å². The Hall–Kier alpha value is -1.89. The molecule has 3 rings (SSSR count). The number of nitrogens with zero attached hydrogens (tertiary/aromatic N) is 3. The minimum Gasteiger partial charge on any atom is -0.494 e. The summed E-state index contributed by atoms with van der Waals surface area (Å²) < 4.78 is 6.56. The fourth-order valence-electron chi connectivity index (χ4n) is 3.27. The molecule has 5 nitrogen and oxygen atoms in total. The SMILES string of the molecule is CCN(CC)CCCOc1ccc(CC(=O)N2CCC(c3ccc(Cl)s3)=N2)cc1. The van der Waals surface area contributed by atoms with Crippen molar-refractivity contribution in [2.75, 3.05) is 32.8 Å². The van der Waals surface area contributed by atoms with Crippen LogP contribution in [-0.4, -0.2) is 54.3 Å². The van der Waals surface area contributed by atoms with Gasteiger partial charge in [-0.2, -0.15) is 5.10 Å². The van der Waals surface area contributed by atoms with Crippen molar-refractivity contribution in [1.29, 1.82) is 0 Å². The third kappa shape index (κ3) is 6.29. The Bertz CT molecular complexity index is 831. The van der Waals surface area contributed by atoms with E-state index >= 15 is 0 Å². The molecule has 0 saturated carbocycles. The summed E-state index contributed by atoms with van der Waals surface area (Å²) in [6, 6.07) is 11.6. The summed E-state index contributed by atoms with van der Waals surface area (Å²) in [5.74, 6) is 0.854. The third-order valence-corrected chi connectivity index (χ3v) is 6.29. The minimum atomic E-state index is 0.00976. The van der Waals surface area contributed by atoms with Gasteiger partial charge in [-0.25, -0.2) is 5.01 Å². The number of hydrogen-bond acceptors (Lipinski definition) is 5. The largest absolute Gasteiger partial charge is 0.494 e. The standard InChI is InChI=1S/C22H28ClN3O2S/c1-3-25(4-2)13-5-15-28-18-8-6-17(7-9-18)16-22(27)26-14-12-19(24-26)20-10-11-21(23)29-20/h6-11H,3-5,12-16H2,1-2H3. The molecule has 156 valence electrons. The van der Waals surface area contributed by atoms with Crippen LogP contribution < -0.4 is 4.74 Å². The maximum atomic E-state index is 12.6. The first kappa shape index (κ1) is 21.8. The highest BCUT2D eigenvalue weighted by Crippen LogP contribution is 2.25. The second kappa shape index (κ2) is 10.8. The van der Waals surface area contributed by atoms with Crippen molar-refractivity contribution < 1.29 is 9.53 Å². The predicted octanol–water partition coefficient (Wildman–Crippen LogP) is 4.69. The summed E-state index contributed by atoms with van der Waals surface area (Å²) in [4.78, 5) is 16.0. The fourth-order valence-corrected chi connectivity index (χ4v) is 4.32. The number of hydrazone groups is 1. The molecule has 0 spiro atoms. The second-order valence-corrected chi connectivity index (χ2v) is 8.68. The quantitative estimate of drug-likeness (QED) is 0.510.